The van der Waals surface area contributed by atoms with E-state index < -0.39 is 12.5 Å². The van der Waals surface area contributed by atoms with E-state index in [2.05, 4.69) is 15.9 Å². The molecule has 1 aromatic heterocycles. The predicted molar refractivity (Wildman–Crippen MR) is 49.7 cm³/mol. The molecular formula is C7H8BrF2NS. The summed E-state index contributed by atoms with van der Waals surface area (Å²) in [6.45, 7) is -0.597. The normalized spacial score (nSPS) is 12.0. The molecule has 0 fully saturated rings. The van der Waals surface area contributed by atoms with Crippen molar-refractivity contribution in [2.45, 2.75) is 12.3 Å². The highest BCUT2D eigenvalue weighted by atomic mass is 79.9. The van der Waals surface area contributed by atoms with Gasteiger partial charge in [0.05, 0.1) is 10.3 Å². The number of thiophene rings is 1. The van der Waals surface area contributed by atoms with Crippen LogP contribution < -0.4 is 5.73 Å². The van der Waals surface area contributed by atoms with Gasteiger partial charge in [-0.2, -0.15) is 0 Å². The van der Waals surface area contributed by atoms with Crippen LogP contribution in [0, 0.1) is 0 Å². The highest BCUT2D eigenvalue weighted by Crippen LogP contribution is 2.25. The van der Waals surface area contributed by atoms with Crippen molar-refractivity contribution in [3.63, 3.8) is 0 Å². The van der Waals surface area contributed by atoms with Gasteiger partial charge in [-0.15, -0.1) is 11.3 Å². The van der Waals surface area contributed by atoms with Crippen LogP contribution in [0.4, 0.5) is 8.78 Å². The fourth-order valence-corrected chi connectivity index (χ4v) is 2.02. The second-order valence-corrected chi connectivity index (χ2v) is 4.79. The summed E-state index contributed by atoms with van der Waals surface area (Å²) in [6.07, 6.45) is -0.272. The van der Waals surface area contributed by atoms with Crippen LogP contribution in [0.3, 0.4) is 0 Å². The van der Waals surface area contributed by atoms with Gasteiger partial charge < -0.3 is 5.73 Å². The number of nitrogens with two attached hydrogens (primary N) is 1. The van der Waals surface area contributed by atoms with Crippen molar-refractivity contribution in [3.05, 3.63) is 20.8 Å². The summed E-state index contributed by atoms with van der Waals surface area (Å²) in [5.74, 6) is -2.78. The Morgan fingerprint density at radius 2 is 2.25 bits per heavy atom. The topological polar surface area (TPSA) is 26.0 Å². The zero-order valence-electron chi connectivity index (χ0n) is 6.19. The number of hydrogen-bond donors (Lipinski definition) is 1. The second kappa shape index (κ2) is 3.81. The van der Waals surface area contributed by atoms with E-state index >= 15 is 0 Å². The Kier molecular flexibility index (Phi) is 3.20. The van der Waals surface area contributed by atoms with Gasteiger partial charge in [0.15, 0.2) is 0 Å². The van der Waals surface area contributed by atoms with Gasteiger partial charge >= 0.3 is 0 Å². The molecule has 0 aliphatic rings. The fraction of sp³-hybridized carbons (Fsp3) is 0.429. The molecule has 1 heterocycles. The standard InChI is InChI=1S/C7H8BrF2NS/c8-6-1-5(3-12-6)2-7(9,10)4-11/h1,3H,2,4,11H2. The maximum absolute atomic E-state index is 12.7. The second-order valence-electron chi connectivity index (χ2n) is 2.50. The number of alkyl halides is 2. The van der Waals surface area contributed by atoms with Crippen molar-refractivity contribution in [1.29, 1.82) is 0 Å². The lowest BCUT2D eigenvalue weighted by Crippen LogP contribution is -2.29. The first-order chi connectivity index (χ1) is 5.53. The van der Waals surface area contributed by atoms with Gasteiger partial charge in [-0.1, -0.05) is 0 Å². The molecule has 0 radical (unpaired) electrons. The molecule has 0 spiro atoms. The van der Waals surface area contributed by atoms with E-state index in [4.69, 9.17) is 5.73 Å². The molecule has 0 unspecified atom stereocenters. The summed E-state index contributed by atoms with van der Waals surface area (Å²) in [5.41, 5.74) is 5.53. The molecular weight excluding hydrogens is 248 g/mol. The lowest BCUT2D eigenvalue weighted by molar-refractivity contribution is 0.0116. The van der Waals surface area contributed by atoms with Crippen molar-refractivity contribution in [1.82, 2.24) is 0 Å². The summed E-state index contributed by atoms with van der Waals surface area (Å²) in [6, 6.07) is 1.69. The van der Waals surface area contributed by atoms with Gasteiger partial charge in [0.1, 0.15) is 0 Å². The highest BCUT2D eigenvalue weighted by molar-refractivity contribution is 9.11. The van der Waals surface area contributed by atoms with Gasteiger partial charge in [0.25, 0.3) is 5.92 Å². The Labute approximate surface area is 81.7 Å². The minimum absolute atomic E-state index is 0.272. The Hall–Kier alpha value is -0.000000000000000111. The van der Waals surface area contributed by atoms with Crippen LogP contribution >= 0.6 is 27.3 Å². The minimum atomic E-state index is -2.78. The SMILES string of the molecule is NCC(F)(F)Cc1csc(Br)c1. The molecule has 1 nitrogen and oxygen atoms in total. The first-order valence-electron chi connectivity index (χ1n) is 3.34. The van der Waals surface area contributed by atoms with Crippen LogP contribution in [-0.4, -0.2) is 12.5 Å². The molecule has 0 aromatic carbocycles. The van der Waals surface area contributed by atoms with Crippen LogP contribution in [-0.2, 0) is 6.42 Å². The van der Waals surface area contributed by atoms with E-state index in [-0.39, 0.29) is 6.42 Å². The number of halogens is 3. The van der Waals surface area contributed by atoms with Crippen molar-refractivity contribution in [2.24, 2.45) is 5.73 Å². The summed E-state index contributed by atoms with van der Waals surface area (Å²) in [5, 5.41) is 1.70. The van der Waals surface area contributed by atoms with Gasteiger partial charge in [-0.25, -0.2) is 8.78 Å². The van der Waals surface area contributed by atoms with Gasteiger partial charge in [-0.05, 0) is 32.9 Å². The maximum Gasteiger partial charge on any atom is 0.264 e. The number of hydrogen-bond acceptors (Lipinski definition) is 2. The summed E-state index contributed by atoms with van der Waals surface area (Å²) >= 11 is 4.60. The molecule has 0 saturated heterocycles. The first-order valence-corrected chi connectivity index (χ1v) is 5.01. The van der Waals surface area contributed by atoms with Gasteiger partial charge in [0.2, 0.25) is 0 Å². The Bertz CT molecular complexity index is 262. The molecule has 0 atom stereocenters. The summed E-state index contributed by atoms with van der Waals surface area (Å²) in [4.78, 5) is 0. The van der Waals surface area contributed by atoms with E-state index in [1.165, 1.54) is 11.3 Å². The molecule has 0 amide bonds. The molecule has 12 heavy (non-hydrogen) atoms. The Morgan fingerprint density at radius 3 is 2.67 bits per heavy atom. The number of rotatable bonds is 3. The van der Waals surface area contributed by atoms with Crippen LogP contribution in [0.5, 0.6) is 0 Å². The molecule has 68 valence electrons. The van der Waals surface area contributed by atoms with Crippen LogP contribution in [0.1, 0.15) is 5.56 Å². The van der Waals surface area contributed by atoms with Gasteiger partial charge in [0, 0.05) is 6.42 Å². The van der Waals surface area contributed by atoms with Crippen LogP contribution in [0.15, 0.2) is 15.2 Å². The Morgan fingerprint density at radius 1 is 1.58 bits per heavy atom. The van der Waals surface area contributed by atoms with Crippen molar-refractivity contribution in [2.75, 3.05) is 6.54 Å². The van der Waals surface area contributed by atoms with E-state index in [0.717, 1.165) is 3.79 Å². The highest BCUT2D eigenvalue weighted by Gasteiger charge is 2.27. The molecule has 1 aromatic rings. The third-order valence-electron chi connectivity index (χ3n) is 1.38. The first kappa shape index (κ1) is 10.1. The fourth-order valence-electron chi connectivity index (χ4n) is 0.809. The molecule has 1 rings (SSSR count). The average molecular weight is 256 g/mol. The third-order valence-corrected chi connectivity index (χ3v) is 2.94. The third kappa shape index (κ3) is 2.80. The van der Waals surface area contributed by atoms with E-state index in [0.29, 0.717) is 5.56 Å². The smallest absolute Gasteiger partial charge is 0.264 e. The van der Waals surface area contributed by atoms with Crippen LogP contribution in [0.25, 0.3) is 0 Å². The quantitative estimate of drug-likeness (QED) is 0.883. The van der Waals surface area contributed by atoms with Gasteiger partial charge in [-0.3, -0.25) is 0 Å². The van der Waals surface area contributed by atoms with E-state index in [9.17, 15) is 8.78 Å². The van der Waals surface area contributed by atoms with Crippen molar-refractivity contribution >= 4 is 27.3 Å². The molecule has 5 heteroatoms. The summed E-state index contributed by atoms with van der Waals surface area (Å²) < 4.78 is 26.3. The minimum Gasteiger partial charge on any atom is -0.325 e. The predicted octanol–water partition coefficient (Wildman–Crippen LogP) is 2.65. The van der Waals surface area contributed by atoms with Crippen molar-refractivity contribution < 1.29 is 8.78 Å². The molecule has 0 saturated carbocycles. The monoisotopic (exact) mass is 255 g/mol. The molecule has 2 N–H and O–H groups in total. The zero-order valence-corrected chi connectivity index (χ0v) is 8.59. The molecule has 0 aliphatic heterocycles. The van der Waals surface area contributed by atoms with Crippen molar-refractivity contribution in [3.8, 4) is 0 Å². The lowest BCUT2D eigenvalue weighted by Gasteiger charge is -2.11. The zero-order chi connectivity index (χ0) is 9.19. The summed E-state index contributed by atoms with van der Waals surface area (Å²) in [7, 11) is 0. The molecule has 0 bridgehead atoms. The van der Waals surface area contributed by atoms with E-state index in [1.54, 1.807) is 11.4 Å². The Balaban J connectivity index is 2.63. The lowest BCUT2D eigenvalue weighted by atomic mass is 10.1. The average Bonchev–Trinajstić information content (AvgIpc) is 2.35. The largest absolute Gasteiger partial charge is 0.325 e. The van der Waals surface area contributed by atoms with E-state index in [1.807, 2.05) is 0 Å². The van der Waals surface area contributed by atoms with Crippen LogP contribution in [0.2, 0.25) is 0 Å². The maximum atomic E-state index is 12.7. The molecule has 0 aliphatic carbocycles.